The minimum absolute atomic E-state index is 0.836. The molecular formula is C17H17IN2O2. The molecule has 1 aromatic carbocycles. The summed E-state index contributed by atoms with van der Waals surface area (Å²) < 4.78 is 11.9. The molecule has 0 radical (unpaired) electrons. The number of nitrogens with zero attached hydrogens (tertiary/aromatic N) is 2. The van der Waals surface area contributed by atoms with E-state index in [0.29, 0.717) is 0 Å². The van der Waals surface area contributed by atoms with Gasteiger partial charge < -0.3 is 9.05 Å². The second kappa shape index (κ2) is 5.53. The standard InChI is InChI=1S/C17H17IN2O2/c1-8-6-13(15-9(2)19-21-11(15)4)7-14(17(8)18)16-10(3)20-22-12(16)5/h6-7H,1-5H3. The lowest BCUT2D eigenvalue weighted by atomic mass is 9.95. The highest BCUT2D eigenvalue weighted by Gasteiger charge is 2.19. The van der Waals surface area contributed by atoms with Crippen LogP contribution in [0.15, 0.2) is 21.2 Å². The zero-order chi connectivity index (χ0) is 16.0. The molecule has 0 bridgehead atoms. The summed E-state index contributed by atoms with van der Waals surface area (Å²) in [7, 11) is 0. The quantitative estimate of drug-likeness (QED) is 0.551. The first-order chi connectivity index (χ1) is 10.4. The molecule has 2 heterocycles. The van der Waals surface area contributed by atoms with E-state index >= 15 is 0 Å². The Hall–Kier alpha value is -1.63. The zero-order valence-corrected chi connectivity index (χ0v) is 15.4. The van der Waals surface area contributed by atoms with Gasteiger partial charge in [-0.25, -0.2) is 0 Å². The normalized spacial score (nSPS) is 11.2. The molecule has 0 N–H and O–H groups in total. The van der Waals surface area contributed by atoms with Crippen molar-refractivity contribution < 1.29 is 9.05 Å². The molecule has 114 valence electrons. The molecule has 0 amide bonds. The minimum atomic E-state index is 0.836. The van der Waals surface area contributed by atoms with Gasteiger partial charge in [-0.15, -0.1) is 0 Å². The van der Waals surface area contributed by atoms with Crippen molar-refractivity contribution in [2.24, 2.45) is 0 Å². The molecule has 0 aliphatic carbocycles. The van der Waals surface area contributed by atoms with E-state index in [1.165, 1.54) is 9.13 Å². The maximum Gasteiger partial charge on any atom is 0.141 e. The van der Waals surface area contributed by atoms with Crippen molar-refractivity contribution in [3.63, 3.8) is 0 Å². The summed E-state index contributed by atoms with van der Waals surface area (Å²) in [6.45, 7) is 9.95. The lowest BCUT2D eigenvalue weighted by Gasteiger charge is -2.11. The van der Waals surface area contributed by atoms with Crippen LogP contribution in [0.3, 0.4) is 0 Å². The Balaban J connectivity index is 2.29. The van der Waals surface area contributed by atoms with Gasteiger partial charge in [0.1, 0.15) is 11.5 Å². The van der Waals surface area contributed by atoms with Gasteiger partial charge in [-0.05, 0) is 74.4 Å². The van der Waals surface area contributed by atoms with E-state index in [2.05, 4.69) is 52.0 Å². The highest BCUT2D eigenvalue weighted by atomic mass is 127. The van der Waals surface area contributed by atoms with Gasteiger partial charge in [0.2, 0.25) is 0 Å². The third-order valence-corrected chi connectivity index (χ3v) is 5.31. The predicted octanol–water partition coefficient (Wildman–Crippen LogP) is 5.14. The fourth-order valence-corrected chi connectivity index (χ4v) is 3.44. The molecule has 0 atom stereocenters. The van der Waals surface area contributed by atoms with Crippen LogP contribution in [0.2, 0.25) is 0 Å². The van der Waals surface area contributed by atoms with E-state index in [-0.39, 0.29) is 0 Å². The molecule has 5 heteroatoms. The molecule has 4 nitrogen and oxygen atoms in total. The summed E-state index contributed by atoms with van der Waals surface area (Å²) in [4.78, 5) is 0. The fraction of sp³-hybridized carbons (Fsp3) is 0.294. The first kappa shape index (κ1) is 15.3. The van der Waals surface area contributed by atoms with Crippen LogP contribution >= 0.6 is 22.6 Å². The lowest BCUT2D eigenvalue weighted by Crippen LogP contribution is -1.93. The van der Waals surface area contributed by atoms with Gasteiger partial charge >= 0.3 is 0 Å². The monoisotopic (exact) mass is 408 g/mol. The molecule has 0 unspecified atom stereocenters. The van der Waals surface area contributed by atoms with Crippen molar-refractivity contribution in [1.29, 1.82) is 0 Å². The number of halogens is 1. The van der Waals surface area contributed by atoms with Gasteiger partial charge in [0.15, 0.2) is 0 Å². The Bertz CT molecular complexity index is 823. The molecule has 3 aromatic rings. The highest BCUT2D eigenvalue weighted by molar-refractivity contribution is 14.1. The summed E-state index contributed by atoms with van der Waals surface area (Å²) in [6.07, 6.45) is 0. The van der Waals surface area contributed by atoms with Crippen LogP contribution in [0, 0.1) is 38.2 Å². The van der Waals surface area contributed by atoms with Crippen LogP contribution in [0.4, 0.5) is 0 Å². The van der Waals surface area contributed by atoms with Gasteiger partial charge in [-0.3, -0.25) is 0 Å². The summed E-state index contributed by atoms with van der Waals surface area (Å²) in [6, 6.07) is 4.35. The number of hydrogen-bond donors (Lipinski definition) is 0. The first-order valence-corrected chi connectivity index (χ1v) is 8.14. The SMILES string of the molecule is Cc1cc(-c2c(C)noc2C)cc(-c2c(C)noc2C)c1I. The van der Waals surface area contributed by atoms with E-state index in [1.54, 1.807) is 0 Å². The largest absolute Gasteiger partial charge is 0.361 e. The van der Waals surface area contributed by atoms with E-state index in [1.807, 2.05) is 27.7 Å². The van der Waals surface area contributed by atoms with Gasteiger partial charge in [0.25, 0.3) is 0 Å². The smallest absolute Gasteiger partial charge is 0.141 e. The predicted molar refractivity (Wildman–Crippen MR) is 93.8 cm³/mol. The van der Waals surface area contributed by atoms with Crippen molar-refractivity contribution in [3.8, 4) is 22.3 Å². The maximum absolute atomic E-state index is 5.34. The summed E-state index contributed by atoms with van der Waals surface area (Å²) in [5.74, 6) is 1.67. The number of rotatable bonds is 2. The van der Waals surface area contributed by atoms with Gasteiger partial charge in [-0.1, -0.05) is 16.4 Å². The summed E-state index contributed by atoms with van der Waals surface area (Å²) >= 11 is 2.38. The Morgan fingerprint density at radius 2 is 1.36 bits per heavy atom. The topological polar surface area (TPSA) is 52.1 Å². The second-order valence-electron chi connectivity index (χ2n) is 5.55. The number of aryl methyl sites for hydroxylation is 5. The van der Waals surface area contributed by atoms with Crippen LogP contribution in [0.5, 0.6) is 0 Å². The molecule has 0 aliphatic heterocycles. The van der Waals surface area contributed by atoms with Crippen LogP contribution in [-0.4, -0.2) is 10.3 Å². The Labute approximate surface area is 143 Å². The Morgan fingerprint density at radius 3 is 1.86 bits per heavy atom. The molecule has 0 spiro atoms. The van der Waals surface area contributed by atoms with Gasteiger partial charge in [0, 0.05) is 20.3 Å². The van der Waals surface area contributed by atoms with Gasteiger partial charge in [-0.2, -0.15) is 0 Å². The maximum atomic E-state index is 5.34. The molecule has 3 rings (SSSR count). The molecule has 22 heavy (non-hydrogen) atoms. The molecule has 2 aromatic heterocycles. The molecule has 0 fully saturated rings. The number of hydrogen-bond acceptors (Lipinski definition) is 4. The zero-order valence-electron chi connectivity index (χ0n) is 13.2. The van der Waals surface area contributed by atoms with Crippen LogP contribution < -0.4 is 0 Å². The van der Waals surface area contributed by atoms with Gasteiger partial charge in [0.05, 0.1) is 11.4 Å². The molecule has 0 aliphatic rings. The van der Waals surface area contributed by atoms with Crippen molar-refractivity contribution in [2.75, 3.05) is 0 Å². The average Bonchev–Trinajstić information content (AvgIpc) is 2.97. The second-order valence-corrected chi connectivity index (χ2v) is 6.63. The Kier molecular flexibility index (Phi) is 3.84. The van der Waals surface area contributed by atoms with Crippen LogP contribution in [0.1, 0.15) is 28.5 Å². The summed E-state index contributed by atoms with van der Waals surface area (Å²) in [5, 5.41) is 8.15. The third-order valence-electron chi connectivity index (χ3n) is 3.88. The van der Waals surface area contributed by atoms with E-state index in [9.17, 15) is 0 Å². The van der Waals surface area contributed by atoms with E-state index < -0.39 is 0 Å². The van der Waals surface area contributed by atoms with Crippen molar-refractivity contribution >= 4 is 22.6 Å². The summed E-state index contributed by atoms with van der Waals surface area (Å²) in [5.41, 5.74) is 7.42. The third kappa shape index (κ3) is 2.37. The van der Waals surface area contributed by atoms with Crippen LogP contribution in [0.25, 0.3) is 22.3 Å². The highest BCUT2D eigenvalue weighted by Crippen LogP contribution is 2.37. The number of aromatic nitrogens is 2. The fourth-order valence-electron chi connectivity index (χ4n) is 2.86. The van der Waals surface area contributed by atoms with E-state index in [0.717, 1.165) is 45.2 Å². The minimum Gasteiger partial charge on any atom is -0.361 e. The molecule has 0 saturated heterocycles. The van der Waals surface area contributed by atoms with E-state index in [4.69, 9.17) is 9.05 Å². The van der Waals surface area contributed by atoms with Crippen LogP contribution in [-0.2, 0) is 0 Å². The average molecular weight is 408 g/mol. The van der Waals surface area contributed by atoms with Crippen molar-refractivity contribution in [3.05, 3.63) is 44.2 Å². The van der Waals surface area contributed by atoms with Crippen molar-refractivity contribution in [1.82, 2.24) is 10.3 Å². The molecular weight excluding hydrogens is 391 g/mol. The van der Waals surface area contributed by atoms with Crippen molar-refractivity contribution in [2.45, 2.75) is 34.6 Å². The molecule has 0 saturated carbocycles. The lowest BCUT2D eigenvalue weighted by molar-refractivity contribution is 0.393. The Morgan fingerprint density at radius 1 is 0.818 bits per heavy atom. The first-order valence-electron chi connectivity index (χ1n) is 7.06. The number of benzene rings is 1.